The highest BCUT2D eigenvalue weighted by Gasteiger charge is 2.31. The van der Waals surface area contributed by atoms with Gasteiger partial charge >= 0.3 is 0 Å². The Bertz CT molecular complexity index is 278. The van der Waals surface area contributed by atoms with Crippen LogP contribution in [-0.4, -0.2) is 50.4 Å². The van der Waals surface area contributed by atoms with Gasteiger partial charge in [-0.1, -0.05) is 45.7 Å². The molecule has 0 atom stereocenters. The first-order valence-electron chi connectivity index (χ1n) is 7.94. The molecular formula is C15H31N3Si. The number of unbranched alkanes of at least 4 members (excludes halogenated alkanes) is 3. The fraction of sp³-hybridized carbons (Fsp3) is 0.933. The summed E-state index contributed by atoms with van der Waals surface area (Å²) in [5.41, 5.74) is 0. The van der Waals surface area contributed by atoms with Crippen molar-refractivity contribution in [2.24, 2.45) is 0 Å². The molecule has 0 saturated carbocycles. The lowest BCUT2D eigenvalue weighted by Gasteiger charge is -2.43. The highest BCUT2D eigenvalue weighted by Crippen LogP contribution is 2.21. The quantitative estimate of drug-likeness (QED) is 0.505. The second-order valence-corrected chi connectivity index (χ2v) is 11.1. The molecule has 1 aliphatic rings. The first kappa shape index (κ1) is 16.7. The van der Waals surface area contributed by atoms with Crippen molar-refractivity contribution in [2.45, 2.75) is 58.2 Å². The Morgan fingerprint density at radius 2 is 1.74 bits per heavy atom. The maximum absolute atomic E-state index is 8.64. The van der Waals surface area contributed by atoms with Gasteiger partial charge in [0.15, 0.2) is 0 Å². The van der Waals surface area contributed by atoms with Crippen molar-refractivity contribution in [3.05, 3.63) is 0 Å². The first-order chi connectivity index (χ1) is 9.10. The molecule has 0 bridgehead atoms. The Morgan fingerprint density at radius 3 is 2.32 bits per heavy atom. The van der Waals surface area contributed by atoms with Crippen LogP contribution in [0.25, 0.3) is 0 Å². The van der Waals surface area contributed by atoms with E-state index in [1.54, 1.807) is 0 Å². The smallest absolute Gasteiger partial charge is 0.122 e. The molecular weight excluding hydrogens is 250 g/mol. The summed E-state index contributed by atoms with van der Waals surface area (Å²) in [6.45, 7) is 13.1. The minimum atomic E-state index is -1.17. The van der Waals surface area contributed by atoms with E-state index in [1.165, 1.54) is 44.8 Å². The standard InChI is InChI=1S/C15H31N3Si/c1-4-5-6-7-15-19(2,3)18-13-11-17(12-14-18)10-8-9-16/h4-8,10-15H2,1-3H3. The van der Waals surface area contributed by atoms with Crippen LogP contribution in [0, 0.1) is 11.3 Å². The van der Waals surface area contributed by atoms with Crippen LogP contribution >= 0.6 is 0 Å². The Balaban J connectivity index is 2.26. The topological polar surface area (TPSA) is 30.3 Å². The minimum absolute atomic E-state index is 0.678. The molecule has 1 heterocycles. The normalized spacial score (nSPS) is 18.4. The second kappa shape index (κ2) is 8.73. The van der Waals surface area contributed by atoms with Crippen LogP contribution in [0.2, 0.25) is 19.1 Å². The number of hydrogen-bond donors (Lipinski definition) is 0. The maximum Gasteiger partial charge on any atom is 0.122 e. The maximum atomic E-state index is 8.64. The summed E-state index contributed by atoms with van der Waals surface area (Å²) in [4.78, 5) is 2.45. The van der Waals surface area contributed by atoms with Crippen molar-refractivity contribution in [3.8, 4) is 6.07 Å². The zero-order chi connectivity index (χ0) is 14.1. The van der Waals surface area contributed by atoms with Gasteiger partial charge in [0.1, 0.15) is 8.24 Å². The molecule has 0 radical (unpaired) electrons. The molecule has 1 fully saturated rings. The number of nitriles is 1. The molecule has 0 unspecified atom stereocenters. The highest BCUT2D eigenvalue weighted by atomic mass is 28.3. The second-order valence-electron chi connectivity index (χ2n) is 6.36. The zero-order valence-corrected chi connectivity index (χ0v) is 14.1. The van der Waals surface area contributed by atoms with E-state index >= 15 is 0 Å². The molecule has 0 aromatic carbocycles. The van der Waals surface area contributed by atoms with Crippen LogP contribution in [-0.2, 0) is 0 Å². The summed E-state index contributed by atoms with van der Waals surface area (Å²) in [6, 6.07) is 3.70. The third-order valence-corrected chi connectivity index (χ3v) is 8.15. The molecule has 110 valence electrons. The summed E-state index contributed by atoms with van der Waals surface area (Å²) in [6.07, 6.45) is 6.24. The SMILES string of the molecule is CCCCCC[Si](C)(C)N1CCN(CCC#N)CC1. The van der Waals surface area contributed by atoms with Gasteiger partial charge in [-0.2, -0.15) is 5.26 Å². The Hall–Kier alpha value is -0.373. The Labute approximate surface area is 120 Å². The van der Waals surface area contributed by atoms with Crippen molar-refractivity contribution in [1.82, 2.24) is 9.47 Å². The van der Waals surface area contributed by atoms with E-state index in [4.69, 9.17) is 5.26 Å². The monoisotopic (exact) mass is 281 g/mol. The largest absolute Gasteiger partial charge is 0.321 e. The number of nitrogens with zero attached hydrogens (tertiary/aromatic N) is 3. The third kappa shape index (κ3) is 6.07. The van der Waals surface area contributed by atoms with Crippen molar-refractivity contribution in [3.63, 3.8) is 0 Å². The van der Waals surface area contributed by atoms with Crippen LogP contribution in [0.4, 0.5) is 0 Å². The third-order valence-electron chi connectivity index (χ3n) is 4.41. The average molecular weight is 282 g/mol. The molecule has 3 nitrogen and oxygen atoms in total. The number of rotatable bonds is 8. The molecule has 1 aliphatic heterocycles. The van der Waals surface area contributed by atoms with Gasteiger partial charge < -0.3 is 4.57 Å². The lowest BCUT2D eigenvalue weighted by molar-refractivity contribution is 0.186. The molecule has 1 rings (SSSR count). The van der Waals surface area contributed by atoms with Gasteiger partial charge in [-0.05, 0) is 6.04 Å². The predicted octanol–water partition coefficient (Wildman–Crippen LogP) is 3.30. The van der Waals surface area contributed by atoms with Crippen LogP contribution < -0.4 is 0 Å². The number of piperazine rings is 1. The summed E-state index contributed by atoms with van der Waals surface area (Å²) in [5.74, 6) is 0. The van der Waals surface area contributed by atoms with Crippen molar-refractivity contribution in [2.75, 3.05) is 32.7 Å². The minimum Gasteiger partial charge on any atom is -0.321 e. The van der Waals surface area contributed by atoms with Crippen LogP contribution in [0.5, 0.6) is 0 Å². The van der Waals surface area contributed by atoms with E-state index in [0.717, 1.165) is 19.6 Å². The van der Waals surface area contributed by atoms with E-state index in [2.05, 4.69) is 35.6 Å². The van der Waals surface area contributed by atoms with Crippen molar-refractivity contribution >= 4 is 8.24 Å². The van der Waals surface area contributed by atoms with Crippen molar-refractivity contribution < 1.29 is 0 Å². The Morgan fingerprint density at radius 1 is 1.05 bits per heavy atom. The average Bonchev–Trinajstić information content (AvgIpc) is 2.42. The van der Waals surface area contributed by atoms with Gasteiger partial charge in [0.25, 0.3) is 0 Å². The number of hydrogen-bond acceptors (Lipinski definition) is 3. The molecule has 0 N–H and O–H groups in total. The van der Waals surface area contributed by atoms with E-state index in [0.29, 0.717) is 6.42 Å². The summed E-state index contributed by atoms with van der Waals surface area (Å²) >= 11 is 0. The zero-order valence-electron chi connectivity index (χ0n) is 13.1. The van der Waals surface area contributed by atoms with Crippen molar-refractivity contribution in [1.29, 1.82) is 5.26 Å². The van der Waals surface area contributed by atoms with Crippen LogP contribution in [0.1, 0.15) is 39.0 Å². The molecule has 0 aromatic rings. The van der Waals surface area contributed by atoms with Crippen LogP contribution in [0.15, 0.2) is 0 Å². The first-order valence-corrected chi connectivity index (χ1v) is 11.1. The van der Waals surface area contributed by atoms with Gasteiger partial charge in [0.05, 0.1) is 6.07 Å². The molecule has 0 aromatic heterocycles. The molecule has 19 heavy (non-hydrogen) atoms. The molecule has 0 spiro atoms. The van der Waals surface area contributed by atoms with Gasteiger partial charge in [0, 0.05) is 39.1 Å². The molecule has 1 saturated heterocycles. The van der Waals surface area contributed by atoms with E-state index in [1.807, 2.05) is 0 Å². The van der Waals surface area contributed by atoms with E-state index in [9.17, 15) is 0 Å². The fourth-order valence-corrected chi connectivity index (χ4v) is 5.77. The molecule has 0 amide bonds. The summed E-state index contributed by atoms with van der Waals surface area (Å²) in [7, 11) is -1.17. The predicted molar refractivity (Wildman–Crippen MR) is 84.7 cm³/mol. The van der Waals surface area contributed by atoms with Gasteiger partial charge in [-0.25, -0.2) is 0 Å². The van der Waals surface area contributed by atoms with Gasteiger partial charge in [0.2, 0.25) is 0 Å². The van der Waals surface area contributed by atoms with E-state index in [-0.39, 0.29) is 0 Å². The molecule has 0 aliphatic carbocycles. The van der Waals surface area contributed by atoms with E-state index < -0.39 is 8.24 Å². The summed E-state index contributed by atoms with van der Waals surface area (Å²) in [5, 5.41) is 8.64. The Kier molecular flexibility index (Phi) is 7.66. The fourth-order valence-electron chi connectivity index (χ4n) is 2.93. The summed E-state index contributed by atoms with van der Waals surface area (Å²) < 4.78 is 2.78. The van der Waals surface area contributed by atoms with Crippen LogP contribution in [0.3, 0.4) is 0 Å². The highest BCUT2D eigenvalue weighted by molar-refractivity contribution is 6.74. The van der Waals surface area contributed by atoms with Gasteiger partial charge in [-0.15, -0.1) is 0 Å². The van der Waals surface area contributed by atoms with Gasteiger partial charge in [-0.3, -0.25) is 4.90 Å². The molecule has 4 heteroatoms. The lowest BCUT2D eigenvalue weighted by Crippen LogP contribution is -2.57. The lowest BCUT2D eigenvalue weighted by atomic mass is 10.2.